The van der Waals surface area contributed by atoms with E-state index in [1.165, 1.54) is 0 Å². The minimum Gasteiger partial charge on any atom is -0.492 e. The van der Waals surface area contributed by atoms with Gasteiger partial charge < -0.3 is 14.6 Å². The van der Waals surface area contributed by atoms with Crippen LogP contribution in [0.4, 0.5) is 5.82 Å². The average molecular weight is 557 g/mol. The first-order chi connectivity index (χ1) is 20.0. The summed E-state index contributed by atoms with van der Waals surface area (Å²) in [4.78, 5) is 27.0. The van der Waals surface area contributed by atoms with Crippen LogP contribution in [0.1, 0.15) is 46.5 Å². The van der Waals surface area contributed by atoms with E-state index in [4.69, 9.17) is 14.5 Å². The number of piperidine rings is 1. The third-order valence-corrected chi connectivity index (χ3v) is 7.88. The summed E-state index contributed by atoms with van der Waals surface area (Å²) in [5.74, 6) is 2.06. The fourth-order valence-corrected chi connectivity index (χ4v) is 5.41. The van der Waals surface area contributed by atoms with Gasteiger partial charge in [-0.2, -0.15) is 0 Å². The van der Waals surface area contributed by atoms with Crippen LogP contribution in [0, 0.1) is 13.8 Å². The van der Waals surface area contributed by atoms with Crippen molar-refractivity contribution in [2.24, 2.45) is 0 Å². The van der Waals surface area contributed by atoms with E-state index in [0.717, 1.165) is 66.0 Å². The van der Waals surface area contributed by atoms with Crippen LogP contribution in [0.3, 0.4) is 0 Å². The number of benzene rings is 2. The number of rotatable bonds is 6. The quantitative estimate of drug-likeness (QED) is 0.456. The lowest BCUT2D eigenvalue weighted by Crippen LogP contribution is -2.38. The zero-order valence-corrected chi connectivity index (χ0v) is 24.1. The molecule has 3 heterocycles. The highest BCUT2D eigenvalue weighted by molar-refractivity contribution is 5.94. The molecule has 2 aliphatic heterocycles. The van der Waals surface area contributed by atoms with Gasteiger partial charge in [-0.05, 0) is 67.1 Å². The van der Waals surface area contributed by atoms with Gasteiger partial charge in [-0.1, -0.05) is 36.4 Å². The van der Waals surface area contributed by atoms with Crippen molar-refractivity contribution < 1.29 is 19.4 Å². The minimum absolute atomic E-state index is 0.00534. The van der Waals surface area contributed by atoms with E-state index in [9.17, 15) is 9.90 Å². The second-order valence-corrected chi connectivity index (χ2v) is 10.9. The first kappa shape index (κ1) is 28.9. The summed E-state index contributed by atoms with van der Waals surface area (Å²) in [5, 5.41) is 9.74. The minimum atomic E-state index is -0.172. The molecule has 1 amide bonds. The Morgan fingerprint density at radius 2 is 1.90 bits per heavy atom. The molecule has 8 heteroatoms. The number of likely N-dealkylation sites (tertiary alicyclic amines) is 1. The number of aliphatic hydroxyl groups is 1. The number of ether oxygens (including phenoxy) is 2. The molecular weight excluding hydrogens is 516 g/mol. The third-order valence-electron chi connectivity index (χ3n) is 7.88. The van der Waals surface area contributed by atoms with Crippen molar-refractivity contribution in [2.75, 3.05) is 44.3 Å². The highest BCUT2D eigenvalue weighted by Crippen LogP contribution is 2.24. The number of anilines is 1. The van der Waals surface area contributed by atoms with E-state index in [1.807, 2.05) is 56.3 Å². The number of aromatic nitrogens is 2. The molecule has 0 unspecified atom stereocenters. The standard InChI is InChI=1S/C33H40N4O4/c1-24-6-5-7-25(2)29(24)22-33(39)37-14-3-4-18-40-23-27-20-26(21-31-34-13-10-32(37)35-31)8-9-30(27)41-19-17-36-15-11-28(38)12-16-36/h3-10,13,20,28,38H,11-12,14-19,21-23H2,1-2H3/b4-3-. The second-order valence-electron chi connectivity index (χ2n) is 10.9. The van der Waals surface area contributed by atoms with Crippen LogP contribution in [0.5, 0.6) is 5.75 Å². The van der Waals surface area contributed by atoms with E-state index in [-0.39, 0.29) is 12.0 Å². The fraction of sp³-hybridized carbons (Fsp3) is 0.424. The summed E-state index contributed by atoms with van der Waals surface area (Å²) in [6.07, 6.45) is 7.95. The third kappa shape index (κ3) is 7.79. The Balaban J connectivity index is 1.32. The van der Waals surface area contributed by atoms with Crippen molar-refractivity contribution in [3.05, 3.63) is 94.5 Å². The lowest BCUT2D eigenvalue weighted by Gasteiger charge is -2.29. The largest absolute Gasteiger partial charge is 0.492 e. The highest BCUT2D eigenvalue weighted by atomic mass is 16.5. The van der Waals surface area contributed by atoms with E-state index < -0.39 is 0 Å². The van der Waals surface area contributed by atoms with Gasteiger partial charge in [0, 0.05) is 44.4 Å². The molecule has 41 heavy (non-hydrogen) atoms. The van der Waals surface area contributed by atoms with Crippen LogP contribution in [0.25, 0.3) is 0 Å². The summed E-state index contributed by atoms with van der Waals surface area (Å²) in [6, 6.07) is 14.1. The number of carbonyl (C=O) groups excluding carboxylic acids is 1. The van der Waals surface area contributed by atoms with Crippen LogP contribution in [0.15, 0.2) is 60.8 Å². The molecule has 5 rings (SSSR count). The number of carbonyl (C=O) groups is 1. The van der Waals surface area contributed by atoms with Gasteiger partial charge in [0.15, 0.2) is 0 Å². The molecule has 1 fully saturated rings. The molecule has 216 valence electrons. The number of aliphatic hydroxyl groups excluding tert-OH is 1. The van der Waals surface area contributed by atoms with Crippen LogP contribution in [-0.2, 0) is 29.0 Å². The maximum atomic E-state index is 13.6. The first-order valence-corrected chi connectivity index (χ1v) is 14.5. The lowest BCUT2D eigenvalue weighted by atomic mass is 9.99. The van der Waals surface area contributed by atoms with Gasteiger partial charge in [0.1, 0.15) is 24.0 Å². The van der Waals surface area contributed by atoms with Crippen molar-refractivity contribution in [2.45, 2.75) is 52.2 Å². The maximum Gasteiger partial charge on any atom is 0.232 e. The van der Waals surface area contributed by atoms with Crippen molar-refractivity contribution in [3.63, 3.8) is 0 Å². The Kier molecular flexibility index (Phi) is 9.77. The van der Waals surface area contributed by atoms with Crippen molar-refractivity contribution in [1.82, 2.24) is 14.9 Å². The van der Waals surface area contributed by atoms with Crippen LogP contribution >= 0.6 is 0 Å². The van der Waals surface area contributed by atoms with Gasteiger partial charge in [-0.3, -0.25) is 14.6 Å². The summed E-state index contributed by atoms with van der Waals surface area (Å²) < 4.78 is 12.2. The van der Waals surface area contributed by atoms with Crippen molar-refractivity contribution in [1.29, 1.82) is 0 Å². The topological polar surface area (TPSA) is 88.0 Å². The molecule has 1 aromatic heterocycles. The van der Waals surface area contributed by atoms with Gasteiger partial charge in [0.2, 0.25) is 5.91 Å². The lowest BCUT2D eigenvalue weighted by molar-refractivity contribution is -0.117. The summed E-state index contributed by atoms with van der Waals surface area (Å²) in [5.41, 5.74) is 5.33. The smallest absolute Gasteiger partial charge is 0.232 e. The van der Waals surface area contributed by atoms with Crippen LogP contribution < -0.4 is 9.64 Å². The molecule has 8 nitrogen and oxygen atoms in total. The van der Waals surface area contributed by atoms with Crippen LogP contribution in [-0.4, -0.2) is 71.4 Å². The van der Waals surface area contributed by atoms with Gasteiger partial charge in [0.25, 0.3) is 0 Å². The molecule has 1 N–H and O–H groups in total. The SMILES string of the molecule is Cc1cccc(C)c1CC(=O)N1C/C=C\COCc2cc(ccc2OCCN2CCC(O)CC2)Cc2nccc1n2. The number of amides is 1. The Bertz CT molecular complexity index is 1350. The molecule has 2 aromatic carbocycles. The first-order valence-electron chi connectivity index (χ1n) is 14.5. The van der Waals surface area contributed by atoms with E-state index in [1.54, 1.807) is 17.2 Å². The summed E-state index contributed by atoms with van der Waals surface area (Å²) >= 11 is 0. The predicted octanol–water partition coefficient (Wildman–Crippen LogP) is 4.18. The molecule has 2 aliphatic rings. The number of nitrogens with zero attached hydrogens (tertiary/aromatic N) is 4. The van der Waals surface area contributed by atoms with E-state index in [0.29, 0.717) is 50.8 Å². The van der Waals surface area contributed by atoms with Crippen molar-refractivity contribution in [3.8, 4) is 5.75 Å². The molecule has 4 bridgehead atoms. The number of hydrogen-bond acceptors (Lipinski definition) is 7. The van der Waals surface area contributed by atoms with Gasteiger partial charge in [-0.25, -0.2) is 9.97 Å². The van der Waals surface area contributed by atoms with Crippen LogP contribution in [0.2, 0.25) is 0 Å². The number of aryl methyl sites for hydroxylation is 2. The Hall–Kier alpha value is -3.59. The van der Waals surface area contributed by atoms with Gasteiger partial charge in [-0.15, -0.1) is 0 Å². The molecule has 0 atom stereocenters. The summed E-state index contributed by atoms with van der Waals surface area (Å²) in [7, 11) is 0. The zero-order chi connectivity index (χ0) is 28.6. The Labute approximate surface area is 242 Å². The molecule has 0 aliphatic carbocycles. The monoisotopic (exact) mass is 556 g/mol. The average Bonchev–Trinajstić information content (AvgIpc) is 2.96. The molecule has 1 saturated heterocycles. The zero-order valence-electron chi connectivity index (χ0n) is 24.1. The number of hydrogen-bond donors (Lipinski definition) is 1. The van der Waals surface area contributed by atoms with E-state index >= 15 is 0 Å². The van der Waals surface area contributed by atoms with Gasteiger partial charge >= 0.3 is 0 Å². The molecular formula is C33H40N4O4. The molecule has 0 saturated carbocycles. The van der Waals surface area contributed by atoms with Gasteiger partial charge in [0.05, 0.1) is 25.7 Å². The molecule has 0 radical (unpaired) electrons. The Morgan fingerprint density at radius 1 is 1.10 bits per heavy atom. The second kappa shape index (κ2) is 13.9. The number of fused-ring (bicyclic) bond motifs is 4. The summed E-state index contributed by atoms with van der Waals surface area (Å²) in [6.45, 7) is 8.55. The van der Waals surface area contributed by atoms with E-state index in [2.05, 4.69) is 16.0 Å². The molecule has 0 spiro atoms. The fourth-order valence-electron chi connectivity index (χ4n) is 5.41. The normalized spacial score (nSPS) is 17.6. The Morgan fingerprint density at radius 3 is 2.71 bits per heavy atom. The maximum absolute atomic E-state index is 13.6. The highest BCUT2D eigenvalue weighted by Gasteiger charge is 2.20. The molecule has 3 aromatic rings. The van der Waals surface area contributed by atoms with Crippen molar-refractivity contribution >= 4 is 11.7 Å². The predicted molar refractivity (Wildman–Crippen MR) is 159 cm³/mol.